The van der Waals surface area contributed by atoms with E-state index in [0.29, 0.717) is 5.52 Å². The van der Waals surface area contributed by atoms with E-state index in [-0.39, 0.29) is 11.1 Å². The van der Waals surface area contributed by atoms with Crippen molar-refractivity contribution < 1.29 is 19.0 Å². The number of rotatable bonds is 1. The Hall–Kier alpha value is -2.04. The van der Waals surface area contributed by atoms with Gasteiger partial charge in [-0.3, -0.25) is 0 Å². The van der Waals surface area contributed by atoms with Gasteiger partial charge in [0.1, 0.15) is 11.3 Å². The van der Waals surface area contributed by atoms with Gasteiger partial charge in [0.25, 0.3) is 0 Å². The van der Waals surface area contributed by atoms with Crippen LogP contribution in [-0.2, 0) is 4.74 Å². The summed E-state index contributed by atoms with van der Waals surface area (Å²) < 4.78 is 18.8. The standard InChI is InChI=1S/C13H14FNO3/c1-13(2,3)18-12(17)9-6-7-8(15-9)4-5-10(16)11(7)14/h4-6,15-16H,1-3H3. The van der Waals surface area contributed by atoms with Gasteiger partial charge in [-0.1, -0.05) is 0 Å². The van der Waals surface area contributed by atoms with Crippen LogP contribution in [0.15, 0.2) is 18.2 Å². The lowest BCUT2D eigenvalue weighted by Gasteiger charge is -2.18. The van der Waals surface area contributed by atoms with Crippen LogP contribution in [0.2, 0.25) is 0 Å². The SMILES string of the molecule is CC(C)(C)OC(=O)c1cc2c(F)c(O)ccc2[nH]1. The molecule has 2 N–H and O–H groups in total. The molecular formula is C13H14FNO3. The Morgan fingerprint density at radius 1 is 1.39 bits per heavy atom. The Kier molecular flexibility index (Phi) is 2.77. The van der Waals surface area contributed by atoms with E-state index >= 15 is 0 Å². The molecule has 0 unspecified atom stereocenters. The van der Waals surface area contributed by atoms with Gasteiger partial charge in [0, 0.05) is 10.9 Å². The Morgan fingerprint density at radius 2 is 2.06 bits per heavy atom. The molecule has 1 aromatic heterocycles. The molecule has 0 aliphatic rings. The zero-order valence-corrected chi connectivity index (χ0v) is 10.4. The Morgan fingerprint density at radius 3 is 2.67 bits per heavy atom. The Labute approximate surface area is 103 Å². The van der Waals surface area contributed by atoms with Crippen molar-refractivity contribution in [1.82, 2.24) is 4.98 Å². The summed E-state index contributed by atoms with van der Waals surface area (Å²) in [4.78, 5) is 14.5. The fourth-order valence-electron chi connectivity index (χ4n) is 1.60. The Bertz CT molecular complexity index is 610. The number of aromatic hydroxyl groups is 1. The van der Waals surface area contributed by atoms with Crippen LogP contribution < -0.4 is 0 Å². The molecule has 18 heavy (non-hydrogen) atoms. The molecule has 2 aromatic rings. The van der Waals surface area contributed by atoms with E-state index in [9.17, 15) is 14.3 Å². The quantitative estimate of drug-likeness (QED) is 0.766. The highest BCUT2D eigenvalue weighted by atomic mass is 19.1. The summed E-state index contributed by atoms with van der Waals surface area (Å²) >= 11 is 0. The minimum Gasteiger partial charge on any atom is -0.505 e. The van der Waals surface area contributed by atoms with Crippen LogP contribution in [0.5, 0.6) is 5.75 Å². The third kappa shape index (κ3) is 2.30. The largest absolute Gasteiger partial charge is 0.505 e. The van der Waals surface area contributed by atoms with Crippen molar-refractivity contribution in [3.8, 4) is 5.75 Å². The number of phenols is 1. The van der Waals surface area contributed by atoms with E-state index in [1.54, 1.807) is 20.8 Å². The van der Waals surface area contributed by atoms with Gasteiger partial charge in [0.15, 0.2) is 11.6 Å². The highest BCUT2D eigenvalue weighted by Gasteiger charge is 2.20. The Balaban J connectivity index is 2.42. The predicted molar refractivity (Wildman–Crippen MR) is 65.1 cm³/mol. The maximum Gasteiger partial charge on any atom is 0.355 e. The topological polar surface area (TPSA) is 62.3 Å². The van der Waals surface area contributed by atoms with Crippen molar-refractivity contribution in [3.63, 3.8) is 0 Å². The molecule has 1 heterocycles. The van der Waals surface area contributed by atoms with Gasteiger partial charge in [-0.15, -0.1) is 0 Å². The maximum absolute atomic E-state index is 13.6. The second-order valence-electron chi connectivity index (χ2n) is 5.04. The van der Waals surface area contributed by atoms with Crippen LogP contribution in [-0.4, -0.2) is 21.7 Å². The number of aromatic amines is 1. The van der Waals surface area contributed by atoms with Crippen LogP contribution in [0, 0.1) is 5.82 Å². The van der Waals surface area contributed by atoms with Gasteiger partial charge in [0.2, 0.25) is 0 Å². The highest BCUT2D eigenvalue weighted by molar-refractivity contribution is 5.95. The number of carbonyl (C=O) groups is 1. The minimum atomic E-state index is -0.751. The van der Waals surface area contributed by atoms with Gasteiger partial charge in [-0.25, -0.2) is 9.18 Å². The number of halogens is 1. The van der Waals surface area contributed by atoms with Crippen LogP contribution in [0.3, 0.4) is 0 Å². The summed E-state index contributed by atoms with van der Waals surface area (Å²) in [6, 6.07) is 4.06. The molecule has 96 valence electrons. The molecule has 5 heteroatoms. The average molecular weight is 251 g/mol. The minimum absolute atomic E-state index is 0.157. The van der Waals surface area contributed by atoms with E-state index in [0.717, 1.165) is 0 Å². The monoisotopic (exact) mass is 251 g/mol. The summed E-state index contributed by atoms with van der Waals surface area (Å²) in [7, 11) is 0. The molecule has 0 spiro atoms. The number of phenolic OH excluding ortho intramolecular Hbond substituents is 1. The first-order valence-corrected chi connectivity index (χ1v) is 5.51. The molecule has 0 fully saturated rings. The van der Waals surface area contributed by atoms with Gasteiger partial charge in [-0.05, 0) is 39.0 Å². The molecule has 0 saturated heterocycles. The molecule has 0 radical (unpaired) electrons. The summed E-state index contributed by atoms with van der Waals surface area (Å²) in [6.45, 7) is 5.25. The molecule has 0 atom stereocenters. The zero-order chi connectivity index (χ0) is 13.5. The number of hydrogen-bond acceptors (Lipinski definition) is 3. The molecule has 1 aromatic carbocycles. The molecular weight excluding hydrogens is 237 g/mol. The smallest absolute Gasteiger partial charge is 0.355 e. The summed E-state index contributed by atoms with van der Waals surface area (Å²) in [5, 5.41) is 9.41. The summed E-state index contributed by atoms with van der Waals surface area (Å²) in [5.41, 5.74) is -0.0229. The van der Waals surface area contributed by atoms with Crippen molar-refractivity contribution in [2.75, 3.05) is 0 Å². The van der Waals surface area contributed by atoms with Crippen LogP contribution in [0.1, 0.15) is 31.3 Å². The number of H-pyrrole nitrogens is 1. The number of esters is 1. The molecule has 0 aliphatic heterocycles. The molecule has 0 saturated carbocycles. The molecule has 0 amide bonds. The summed E-state index contributed by atoms with van der Waals surface area (Å²) in [6.07, 6.45) is 0. The van der Waals surface area contributed by atoms with E-state index < -0.39 is 23.1 Å². The van der Waals surface area contributed by atoms with E-state index in [1.807, 2.05) is 0 Å². The van der Waals surface area contributed by atoms with Gasteiger partial charge < -0.3 is 14.8 Å². The number of hydrogen-bond donors (Lipinski definition) is 2. The third-order valence-electron chi connectivity index (χ3n) is 2.34. The van der Waals surface area contributed by atoms with Crippen LogP contribution in [0.4, 0.5) is 4.39 Å². The number of fused-ring (bicyclic) bond motifs is 1. The van der Waals surface area contributed by atoms with Crippen LogP contribution in [0.25, 0.3) is 10.9 Å². The maximum atomic E-state index is 13.6. The molecule has 4 nitrogen and oxygen atoms in total. The number of aromatic nitrogens is 1. The van der Waals surface area contributed by atoms with Gasteiger partial charge >= 0.3 is 5.97 Å². The lowest BCUT2D eigenvalue weighted by Crippen LogP contribution is -2.24. The second kappa shape index (κ2) is 4.01. The zero-order valence-electron chi connectivity index (χ0n) is 10.4. The fourth-order valence-corrected chi connectivity index (χ4v) is 1.60. The lowest BCUT2D eigenvalue weighted by molar-refractivity contribution is 0.00639. The number of nitrogens with one attached hydrogen (secondary N) is 1. The first-order valence-electron chi connectivity index (χ1n) is 5.51. The van der Waals surface area contributed by atoms with E-state index in [4.69, 9.17) is 4.74 Å². The molecule has 2 rings (SSSR count). The first-order chi connectivity index (χ1) is 8.28. The number of ether oxygens (including phenoxy) is 1. The van der Waals surface area contributed by atoms with Gasteiger partial charge in [-0.2, -0.15) is 0 Å². The van der Waals surface area contributed by atoms with Crippen molar-refractivity contribution in [2.24, 2.45) is 0 Å². The number of carbonyl (C=O) groups excluding carboxylic acids is 1. The van der Waals surface area contributed by atoms with Crippen molar-refractivity contribution >= 4 is 16.9 Å². The van der Waals surface area contributed by atoms with E-state index in [2.05, 4.69) is 4.98 Å². The number of benzene rings is 1. The van der Waals surface area contributed by atoms with Crippen LogP contribution >= 0.6 is 0 Å². The van der Waals surface area contributed by atoms with Crippen molar-refractivity contribution in [2.45, 2.75) is 26.4 Å². The third-order valence-corrected chi connectivity index (χ3v) is 2.34. The molecule has 0 bridgehead atoms. The highest BCUT2D eigenvalue weighted by Crippen LogP contribution is 2.26. The van der Waals surface area contributed by atoms with Crippen molar-refractivity contribution in [1.29, 1.82) is 0 Å². The first kappa shape index (κ1) is 12.4. The van der Waals surface area contributed by atoms with Crippen molar-refractivity contribution in [3.05, 3.63) is 29.7 Å². The average Bonchev–Trinajstić information content (AvgIpc) is 2.66. The summed E-state index contributed by atoms with van der Waals surface area (Å²) in [5.74, 6) is -1.76. The van der Waals surface area contributed by atoms with E-state index in [1.165, 1.54) is 18.2 Å². The normalized spacial score (nSPS) is 11.8. The molecule has 0 aliphatic carbocycles. The van der Waals surface area contributed by atoms with Gasteiger partial charge in [0.05, 0.1) is 0 Å². The fraction of sp³-hybridized carbons (Fsp3) is 0.308. The lowest BCUT2D eigenvalue weighted by atomic mass is 10.2. The predicted octanol–water partition coefficient (Wildman–Crippen LogP) is 2.97. The second-order valence-corrected chi connectivity index (χ2v) is 5.04.